The smallest absolute Gasteiger partial charge is 0.243 e. The van der Waals surface area contributed by atoms with Crippen molar-refractivity contribution in [2.45, 2.75) is 44.2 Å². The topological polar surface area (TPSA) is 96.0 Å². The summed E-state index contributed by atoms with van der Waals surface area (Å²) >= 11 is 6.15. The van der Waals surface area contributed by atoms with Gasteiger partial charge in [0.15, 0.2) is 0 Å². The average molecular weight is 508 g/mol. The van der Waals surface area contributed by atoms with E-state index in [1.54, 1.807) is 0 Å². The highest BCUT2D eigenvalue weighted by atomic mass is 35.5. The second-order valence-electron chi connectivity index (χ2n) is 8.51. The predicted octanol–water partition coefficient (Wildman–Crippen LogP) is 3.01. The maximum absolute atomic E-state index is 13.4. The summed E-state index contributed by atoms with van der Waals surface area (Å²) in [6.45, 7) is 6.01. The van der Waals surface area contributed by atoms with Crippen LogP contribution in [0.3, 0.4) is 0 Å². The molecule has 1 saturated heterocycles. The molecule has 0 radical (unpaired) electrons. The molecular weight excluding hydrogens is 478 g/mol. The molecule has 2 amide bonds. The van der Waals surface area contributed by atoms with Gasteiger partial charge in [0.2, 0.25) is 21.8 Å². The molecule has 8 nitrogen and oxygen atoms in total. The fourth-order valence-electron chi connectivity index (χ4n) is 3.82. The zero-order valence-electron chi connectivity index (χ0n) is 19.7. The normalized spacial score (nSPS) is 17.0. The molecule has 2 aromatic carbocycles. The Kier molecular flexibility index (Phi) is 8.22. The molecule has 0 aliphatic carbocycles. The number of ether oxygens (including phenoxy) is 1. The van der Waals surface area contributed by atoms with Gasteiger partial charge in [0.1, 0.15) is 11.8 Å². The van der Waals surface area contributed by atoms with Gasteiger partial charge >= 0.3 is 0 Å². The van der Waals surface area contributed by atoms with Crippen molar-refractivity contribution in [2.75, 3.05) is 26.7 Å². The zero-order valence-corrected chi connectivity index (χ0v) is 21.3. The minimum Gasteiger partial charge on any atom is -0.495 e. The van der Waals surface area contributed by atoms with Crippen LogP contribution in [0.2, 0.25) is 5.02 Å². The first kappa shape index (κ1) is 26.0. The van der Waals surface area contributed by atoms with Gasteiger partial charge in [0, 0.05) is 33.1 Å². The number of halogens is 1. The number of amides is 2. The second kappa shape index (κ2) is 10.8. The number of nitrogens with one attached hydrogen (secondary N) is 1. The lowest BCUT2D eigenvalue weighted by Gasteiger charge is -2.39. The van der Waals surface area contributed by atoms with E-state index in [1.165, 1.54) is 42.7 Å². The van der Waals surface area contributed by atoms with Crippen LogP contribution in [0.4, 0.5) is 0 Å². The Morgan fingerprint density at radius 3 is 2.38 bits per heavy atom. The van der Waals surface area contributed by atoms with E-state index in [0.717, 1.165) is 9.87 Å². The van der Waals surface area contributed by atoms with E-state index >= 15 is 0 Å². The van der Waals surface area contributed by atoms with Crippen LogP contribution < -0.4 is 10.1 Å². The summed E-state index contributed by atoms with van der Waals surface area (Å²) in [6, 6.07) is 11.0. The third-order valence-corrected chi connectivity index (χ3v) is 8.12. The summed E-state index contributed by atoms with van der Waals surface area (Å²) in [4.78, 5) is 26.6. The van der Waals surface area contributed by atoms with Crippen molar-refractivity contribution in [1.29, 1.82) is 0 Å². The summed E-state index contributed by atoms with van der Waals surface area (Å²) in [6.07, 6.45) is 0. The Labute approximate surface area is 205 Å². The molecule has 0 spiro atoms. The number of benzene rings is 2. The molecule has 1 heterocycles. The molecule has 10 heteroatoms. The van der Waals surface area contributed by atoms with Crippen molar-refractivity contribution in [3.8, 4) is 5.75 Å². The van der Waals surface area contributed by atoms with Crippen molar-refractivity contribution in [3.63, 3.8) is 0 Å². The quantitative estimate of drug-likeness (QED) is 0.621. The lowest BCUT2D eigenvalue weighted by atomic mass is 10.0. The Morgan fingerprint density at radius 2 is 1.82 bits per heavy atom. The Bertz CT molecular complexity index is 1150. The van der Waals surface area contributed by atoms with Gasteiger partial charge in [0.05, 0.1) is 17.0 Å². The number of carbonyl (C=O) groups excluding carboxylic acids is 2. The van der Waals surface area contributed by atoms with Gasteiger partial charge in [-0.25, -0.2) is 8.42 Å². The summed E-state index contributed by atoms with van der Waals surface area (Å²) < 4.78 is 33.1. The number of piperazine rings is 1. The third kappa shape index (κ3) is 5.71. The van der Waals surface area contributed by atoms with Gasteiger partial charge in [0.25, 0.3) is 0 Å². The highest BCUT2D eigenvalue weighted by molar-refractivity contribution is 7.89. The minimum atomic E-state index is -4.06. The molecule has 0 saturated carbocycles. The van der Waals surface area contributed by atoms with Crippen molar-refractivity contribution in [2.24, 2.45) is 0 Å². The fraction of sp³-hybridized carbons (Fsp3) is 0.417. The van der Waals surface area contributed by atoms with Gasteiger partial charge < -0.3 is 15.0 Å². The lowest BCUT2D eigenvalue weighted by Crippen LogP contribution is -2.61. The monoisotopic (exact) mass is 507 g/mol. The van der Waals surface area contributed by atoms with Crippen LogP contribution in [0.1, 0.15) is 37.8 Å². The van der Waals surface area contributed by atoms with Crippen LogP contribution in [-0.4, -0.2) is 62.2 Å². The van der Waals surface area contributed by atoms with Crippen molar-refractivity contribution in [1.82, 2.24) is 14.5 Å². The van der Waals surface area contributed by atoms with Gasteiger partial charge in [-0.2, -0.15) is 4.31 Å². The maximum Gasteiger partial charge on any atom is 0.243 e. The number of hydrogen-bond donors (Lipinski definition) is 1. The van der Waals surface area contributed by atoms with Crippen molar-refractivity contribution in [3.05, 3.63) is 58.6 Å². The predicted molar refractivity (Wildman–Crippen MR) is 130 cm³/mol. The molecule has 1 aliphatic heterocycles. The van der Waals surface area contributed by atoms with E-state index in [0.29, 0.717) is 11.7 Å². The highest BCUT2D eigenvalue weighted by Gasteiger charge is 2.41. The summed E-state index contributed by atoms with van der Waals surface area (Å²) in [7, 11) is -2.62. The van der Waals surface area contributed by atoms with Crippen LogP contribution in [-0.2, 0) is 26.2 Å². The van der Waals surface area contributed by atoms with Gasteiger partial charge in [-0.15, -0.1) is 0 Å². The minimum absolute atomic E-state index is 0.00721. The first-order valence-corrected chi connectivity index (χ1v) is 12.8. The first-order valence-electron chi connectivity index (χ1n) is 11.0. The van der Waals surface area contributed by atoms with Crippen LogP contribution in [0.5, 0.6) is 5.75 Å². The maximum atomic E-state index is 13.4. The van der Waals surface area contributed by atoms with E-state index in [2.05, 4.69) is 19.2 Å². The third-order valence-electron chi connectivity index (χ3n) is 5.92. The van der Waals surface area contributed by atoms with E-state index in [1.807, 2.05) is 24.3 Å². The standard InChI is InChI=1S/C24H30ClN3O5S/c1-16(2)19-7-5-18(6-8-19)14-26-24(30)22-15-27(17(3)29)11-12-28(22)34(31,32)20-9-10-23(33-4)21(25)13-20/h5-10,13,16,22H,11-12,14-15H2,1-4H3,(H,26,30)/t22-/m1/s1. The summed E-state index contributed by atoms with van der Waals surface area (Å²) in [5, 5.41) is 2.98. The molecule has 1 N–H and O–H groups in total. The largest absolute Gasteiger partial charge is 0.495 e. The van der Waals surface area contributed by atoms with E-state index < -0.39 is 22.0 Å². The number of hydrogen-bond acceptors (Lipinski definition) is 5. The lowest BCUT2D eigenvalue weighted by molar-refractivity contribution is -0.134. The molecule has 1 atom stereocenters. The van der Waals surface area contributed by atoms with Crippen LogP contribution in [0.15, 0.2) is 47.4 Å². The highest BCUT2D eigenvalue weighted by Crippen LogP contribution is 2.30. The SMILES string of the molecule is COc1ccc(S(=O)(=O)N2CCN(C(C)=O)C[C@@H]2C(=O)NCc2ccc(C(C)C)cc2)cc1Cl. The molecule has 0 unspecified atom stereocenters. The summed E-state index contributed by atoms with van der Waals surface area (Å²) in [5.74, 6) is 0.0575. The van der Waals surface area contributed by atoms with Crippen molar-refractivity contribution < 1.29 is 22.7 Å². The average Bonchev–Trinajstić information content (AvgIpc) is 2.82. The molecule has 2 aromatic rings. The molecule has 3 rings (SSSR count). The molecule has 0 bridgehead atoms. The van der Waals surface area contributed by atoms with E-state index in [4.69, 9.17) is 16.3 Å². The number of nitrogens with zero attached hydrogens (tertiary/aromatic N) is 2. The summed E-state index contributed by atoms with van der Waals surface area (Å²) in [5.41, 5.74) is 2.09. The number of methoxy groups -OCH3 is 1. The van der Waals surface area contributed by atoms with Crippen LogP contribution in [0, 0.1) is 0 Å². The van der Waals surface area contributed by atoms with E-state index in [9.17, 15) is 18.0 Å². The number of sulfonamides is 1. The molecule has 1 fully saturated rings. The fourth-order valence-corrected chi connectivity index (χ4v) is 5.74. The van der Waals surface area contributed by atoms with Crippen LogP contribution in [0.25, 0.3) is 0 Å². The Balaban J connectivity index is 1.83. The van der Waals surface area contributed by atoms with E-state index in [-0.39, 0.29) is 42.0 Å². The Hall–Kier alpha value is -2.62. The number of carbonyl (C=O) groups is 2. The first-order chi connectivity index (χ1) is 16.0. The van der Waals surface area contributed by atoms with Gasteiger partial charge in [-0.05, 0) is 35.2 Å². The van der Waals surface area contributed by atoms with Gasteiger partial charge in [-0.1, -0.05) is 49.7 Å². The van der Waals surface area contributed by atoms with Crippen molar-refractivity contribution >= 4 is 33.4 Å². The molecule has 1 aliphatic rings. The molecule has 184 valence electrons. The zero-order chi connectivity index (χ0) is 25.0. The Morgan fingerprint density at radius 1 is 1.15 bits per heavy atom. The van der Waals surface area contributed by atoms with Gasteiger partial charge in [-0.3, -0.25) is 9.59 Å². The molecular formula is C24H30ClN3O5S. The van der Waals surface area contributed by atoms with Crippen LogP contribution >= 0.6 is 11.6 Å². The molecule has 34 heavy (non-hydrogen) atoms. The number of rotatable bonds is 7. The molecule has 0 aromatic heterocycles. The second-order valence-corrected chi connectivity index (χ2v) is 10.8.